The van der Waals surface area contributed by atoms with E-state index in [1.165, 1.54) is 12.5 Å². The molecule has 0 heterocycles. The molecular weight excluding hydrogens is 241 g/mol. The lowest BCUT2D eigenvalue weighted by molar-refractivity contribution is 0.0847. The first kappa shape index (κ1) is 12.8. The van der Waals surface area contributed by atoms with Crippen LogP contribution in [0.2, 0.25) is 5.02 Å². The number of ether oxygens (including phenoxy) is 1. The average Bonchev–Trinajstić information content (AvgIpc) is 2.78. The monoisotopic (exact) mass is 257 g/mol. The summed E-state index contributed by atoms with van der Waals surface area (Å²) in [6, 6.07) is 5.29. The van der Waals surface area contributed by atoms with E-state index in [0.29, 0.717) is 12.6 Å². The van der Waals surface area contributed by atoms with E-state index in [2.05, 4.69) is 5.32 Å². The van der Waals surface area contributed by atoms with Crippen molar-refractivity contribution in [2.45, 2.75) is 38.0 Å². The van der Waals surface area contributed by atoms with Crippen LogP contribution in [0.4, 0.5) is 4.39 Å². The van der Waals surface area contributed by atoms with E-state index in [1.807, 2.05) is 6.07 Å². The maximum Gasteiger partial charge on any atom is 0.142 e. The molecular formula is C13H17ClFNO. The number of methoxy groups -OCH3 is 1. The van der Waals surface area contributed by atoms with Crippen LogP contribution < -0.4 is 5.32 Å². The fraction of sp³-hybridized carbons (Fsp3) is 0.538. The van der Waals surface area contributed by atoms with Gasteiger partial charge in [0.05, 0.1) is 11.1 Å². The number of hydrogen-bond acceptors (Lipinski definition) is 2. The highest BCUT2D eigenvalue weighted by molar-refractivity contribution is 6.30. The van der Waals surface area contributed by atoms with Crippen molar-refractivity contribution in [3.63, 3.8) is 0 Å². The summed E-state index contributed by atoms with van der Waals surface area (Å²) in [4.78, 5) is 0. The molecule has 0 radical (unpaired) electrons. The molecule has 0 saturated heterocycles. The van der Waals surface area contributed by atoms with Gasteiger partial charge < -0.3 is 10.1 Å². The Labute approximate surface area is 106 Å². The van der Waals surface area contributed by atoms with Gasteiger partial charge in [-0.2, -0.15) is 0 Å². The summed E-state index contributed by atoms with van der Waals surface area (Å²) in [5.74, 6) is -0.360. The van der Waals surface area contributed by atoms with Gasteiger partial charge in [-0.25, -0.2) is 4.39 Å². The highest BCUT2D eigenvalue weighted by atomic mass is 35.5. The Kier molecular flexibility index (Phi) is 4.37. The third kappa shape index (κ3) is 3.18. The van der Waals surface area contributed by atoms with Gasteiger partial charge in [0.2, 0.25) is 0 Å². The molecule has 2 unspecified atom stereocenters. The average molecular weight is 258 g/mol. The van der Waals surface area contributed by atoms with Crippen molar-refractivity contribution in [1.82, 2.24) is 5.32 Å². The van der Waals surface area contributed by atoms with Gasteiger partial charge in [0.1, 0.15) is 5.82 Å². The standard InChI is InChI=1S/C13H17ClFNO/c1-17-13-4-2-3-12(13)16-8-9-5-6-10(14)11(15)7-9/h5-7,12-13,16H,2-4,8H2,1H3. The van der Waals surface area contributed by atoms with E-state index in [0.717, 1.165) is 18.4 Å². The first-order chi connectivity index (χ1) is 8.20. The van der Waals surface area contributed by atoms with Gasteiger partial charge in [0, 0.05) is 19.7 Å². The molecule has 1 aliphatic rings. The lowest BCUT2D eigenvalue weighted by atomic mass is 10.1. The van der Waals surface area contributed by atoms with Crippen molar-refractivity contribution in [2.75, 3.05) is 7.11 Å². The van der Waals surface area contributed by atoms with Crippen LogP contribution in [0.25, 0.3) is 0 Å². The second kappa shape index (κ2) is 5.80. The van der Waals surface area contributed by atoms with Crippen molar-refractivity contribution >= 4 is 11.6 Å². The molecule has 2 rings (SSSR count). The summed E-state index contributed by atoms with van der Waals surface area (Å²) in [5.41, 5.74) is 0.911. The van der Waals surface area contributed by atoms with Crippen LogP contribution in [0.15, 0.2) is 18.2 Å². The molecule has 1 N–H and O–H groups in total. The van der Waals surface area contributed by atoms with E-state index in [1.54, 1.807) is 13.2 Å². The normalized spacial score (nSPS) is 24.2. The maximum absolute atomic E-state index is 13.2. The van der Waals surface area contributed by atoms with Gasteiger partial charge in [-0.3, -0.25) is 0 Å². The molecule has 0 bridgehead atoms. The first-order valence-electron chi connectivity index (χ1n) is 5.91. The Hall–Kier alpha value is -0.640. The van der Waals surface area contributed by atoms with Crippen LogP contribution >= 0.6 is 11.6 Å². The molecule has 17 heavy (non-hydrogen) atoms. The van der Waals surface area contributed by atoms with Crippen LogP contribution in [0, 0.1) is 5.82 Å². The van der Waals surface area contributed by atoms with Gasteiger partial charge >= 0.3 is 0 Å². The van der Waals surface area contributed by atoms with E-state index in [-0.39, 0.29) is 16.9 Å². The smallest absolute Gasteiger partial charge is 0.142 e. The molecule has 1 fully saturated rings. The quantitative estimate of drug-likeness (QED) is 0.895. The van der Waals surface area contributed by atoms with E-state index < -0.39 is 0 Å². The van der Waals surface area contributed by atoms with Crippen LogP contribution in [-0.4, -0.2) is 19.3 Å². The van der Waals surface area contributed by atoms with Gasteiger partial charge in [-0.15, -0.1) is 0 Å². The van der Waals surface area contributed by atoms with Gasteiger partial charge in [-0.05, 0) is 37.0 Å². The number of benzene rings is 1. The summed E-state index contributed by atoms with van der Waals surface area (Å²) < 4.78 is 18.6. The zero-order valence-corrected chi connectivity index (χ0v) is 10.6. The SMILES string of the molecule is COC1CCCC1NCc1ccc(Cl)c(F)c1. The molecule has 94 valence electrons. The molecule has 2 nitrogen and oxygen atoms in total. The Morgan fingerprint density at radius 2 is 2.29 bits per heavy atom. The zero-order valence-electron chi connectivity index (χ0n) is 9.88. The van der Waals surface area contributed by atoms with Crippen LogP contribution in [0.5, 0.6) is 0 Å². The van der Waals surface area contributed by atoms with E-state index in [9.17, 15) is 4.39 Å². The third-order valence-electron chi connectivity index (χ3n) is 3.31. The molecule has 1 aromatic carbocycles. The maximum atomic E-state index is 13.2. The molecule has 4 heteroatoms. The van der Waals surface area contributed by atoms with Crippen LogP contribution in [-0.2, 0) is 11.3 Å². The van der Waals surface area contributed by atoms with Crippen molar-refractivity contribution in [2.24, 2.45) is 0 Å². The predicted molar refractivity (Wildman–Crippen MR) is 66.7 cm³/mol. The number of nitrogens with one attached hydrogen (secondary N) is 1. The third-order valence-corrected chi connectivity index (χ3v) is 3.61. The first-order valence-corrected chi connectivity index (χ1v) is 6.28. The molecule has 0 aliphatic heterocycles. The molecule has 1 aromatic rings. The summed E-state index contributed by atoms with van der Waals surface area (Å²) >= 11 is 5.64. The van der Waals surface area contributed by atoms with Crippen molar-refractivity contribution in [3.8, 4) is 0 Å². The molecule has 0 spiro atoms. The van der Waals surface area contributed by atoms with Gasteiger partial charge in [0.15, 0.2) is 0 Å². The topological polar surface area (TPSA) is 21.3 Å². The largest absolute Gasteiger partial charge is 0.380 e. The molecule has 1 saturated carbocycles. The van der Waals surface area contributed by atoms with Crippen LogP contribution in [0.3, 0.4) is 0 Å². The summed E-state index contributed by atoms with van der Waals surface area (Å²) in [7, 11) is 1.74. The Balaban J connectivity index is 1.91. The number of halogens is 2. The van der Waals surface area contributed by atoms with E-state index in [4.69, 9.17) is 16.3 Å². The lowest BCUT2D eigenvalue weighted by Gasteiger charge is -2.19. The van der Waals surface area contributed by atoms with E-state index >= 15 is 0 Å². The fourth-order valence-corrected chi connectivity index (χ4v) is 2.46. The Morgan fingerprint density at radius 3 is 3.00 bits per heavy atom. The Morgan fingerprint density at radius 1 is 1.47 bits per heavy atom. The van der Waals surface area contributed by atoms with Crippen LogP contribution in [0.1, 0.15) is 24.8 Å². The highest BCUT2D eigenvalue weighted by Gasteiger charge is 2.26. The fourth-order valence-electron chi connectivity index (χ4n) is 2.34. The lowest BCUT2D eigenvalue weighted by Crippen LogP contribution is -2.36. The second-order valence-corrected chi connectivity index (χ2v) is 4.85. The minimum atomic E-state index is -0.360. The summed E-state index contributed by atoms with van der Waals surface area (Å²) in [6.45, 7) is 0.651. The molecule has 2 atom stereocenters. The van der Waals surface area contributed by atoms with Crippen molar-refractivity contribution in [3.05, 3.63) is 34.6 Å². The number of rotatable bonds is 4. The van der Waals surface area contributed by atoms with Crippen molar-refractivity contribution < 1.29 is 9.13 Å². The van der Waals surface area contributed by atoms with Crippen molar-refractivity contribution in [1.29, 1.82) is 0 Å². The number of hydrogen-bond donors (Lipinski definition) is 1. The highest BCUT2D eigenvalue weighted by Crippen LogP contribution is 2.22. The molecule has 0 aromatic heterocycles. The zero-order chi connectivity index (χ0) is 12.3. The minimum absolute atomic E-state index is 0.171. The Bertz CT molecular complexity index is 386. The summed E-state index contributed by atoms with van der Waals surface area (Å²) in [6.07, 6.45) is 3.69. The molecule has 1 aliphatic carbocycles. The van der Waals surface area contributed by atoms with Gasteiger partial charge in [0.25, 0.3) is 0 Å². The summed E-state index contributed by atoms with van der Waals surface area (Å²) in [5, 5.41) is 3.58. The molecule has 0 amide bonds. The predicted octanol–water partition coefficient (Wildman–Crippen LogP) is 3.14. The minimum Gasteiger partial charge on any atom is -0.380 e. The van der Waals surface area contributed by atoms with Gasteiger partial charge in [-0.1, -0.05) is 17.7 Å². The second-order valence-electron chi connectivity index (χ2n) is 4.44.